The van der Waals surface area contributed by atoms with Crippen LogP contribution in [0.5, 0.6) is 0 Å². The Bertz CT molecular complexity index is 1070. The molecule has 0 heterocycles. The van der Waals surface area contributed by atoms with Crippen LogP contribution in [0.2, 0.25) is 0 Å². The lowest BCUT2D eigenvalue weighted by molar-refractivity contribution is -0.119. The van der Waals surface area contributed by atoms with Crippen molar-refractivity contribution in [1.82, 2.24) is 5.32 Å². The van der Waals surface area contributed by atoms with Crippen LogP contribution in [0.3, 0.4) is 0 Å². The summed E-state index contributed by atoms with van der Waals surface area (Å²) in [5.41, 5.74) is 1.28. The molecular weight excluding hydrogens is 416 g/mol. The molecule has 0 atom stereocenters. The van der Waals surface area contributed by atoms with Gasteiger partial charge in [-0.1, -0.05) is 54.6 Å². The minimum atomic E-state index is -3.88. The number of sulfonamides is 1. The summed E-state index contributed by atoms with van der Waals surface area (Å²) in [4.78, 5) is 13.9. The molecule has 1 amide bonds. The van der Waals surface area contributed by atoms with E-state index in [4.69, 9.17) is 0 Å². The first-order chi connectivity index (χ1) is 14.5. The van der Waals surface area contributed by atoms with Crippen molar-refractivity contribution in [3.05, 3.63) is 90.5 Å². The molecule has 1 N–H and O–H groups in total. The quantitative estimate of drug-likeness (QED) is 0.402. The molecule has 0 saturated carbocycles. The average molecular weight is 441 g/mol. The zero-order chi connectivity index (χ0) is 21.4. The van der Waals surface area contributed by atoms with Gasteiger partial charge < -0.3 is 5.32 Å². The first-order valence-corrected chi connectivity index (χ1v) is 12.0. The van der Waals surface area contributed by atoms with Gasteiger partial charge in [0.05, 0.1) is 10.6 Å². The predicted molar refractivity (Wildman–Crippen MR) is 122 cm³/mol. The van der Waals surface area contributed by atoms with Gasteiger partial charge in [-0.15, -0.1) is 11.8 Å². The standard InChI is InChI=1S/C23H24N2O3S2/c1-19-10-8-9-15-22(19)25(30(27,28)21-13-6-3-7-14-21)18-23(26)24-16-17-29-20-11-4-2-5-12-20/h2-15H,16-18H2,1H3,(H,24,26). The fourth-order valence-corrected chi connectivity index (χ4v) is 5.22. The smallest absolute Gasteiger partial charge is 0.264 e. The summed E-state index contributed by atoms with van der Waals surface area (Å²) in [6, 6.07) is 25.2. The van der Waals surface area contributed by atoms with Gasteiger partial charge in [0.15, 0.2) is 0 Å². The summed E-state index contributed by atoms with van der Waals surface area (Å²) < 4.78 is 27.7. The van der Waals surface area contributed by atoms with Crippen LogP contribution < -0.4 is 9.62 Å². The van der Waals surface area contributed by atoms with Crippen molar-refractivity contribution in [3.63, 3.8) is 0 Å². The molecule has 0 bridgehead atoms. The van der Waals surface area contributed by atoms with E-state index in [0.29, 0.717) is 18.0 Å². The third kappa shape index (κ3) is 5.64. The molecule has 0 aliphatic carbocycles. The number of thioether (sulfide) groups is 1. The number of amides is 1. The lowest BCUT2D eigenvalue weighted by Crippen LogP contribution is -2.41. The maximum Gasteiger partial charge on any atom is 0.264 e. The van der Waals surface area contributed by atoms with E-state index in [1.807, 2.05) is 49.4 Å². The molecule has 0 aliphatic rings. The summed E-state index contributed by atoms with van der Waals surface area (Å²) in [7, 11) is -3.88. The van der Waals surface area contributed by atoms with E-state index in [1.54, 1.807) is 42.1 Å². The largest absolute Gasteiger partial charge is 0.354 e. The monoisotopic (exact) mass is 440 g/mol. The molecular formula is C23H24N2O3S2. The number of hydrogen-bond acceptors (Lipinski definition) is 4. The lowest BCUT2D eigenvalue weighted by atomic mass is 10.2. The molecule has 0 unspecified atom stereocenters. The van der Waals surface area contributed by atoms with Gasteiger partial charge in [0.1, 0.15) is 6.54 Å². The van der Waals surface area contributed by atoms with E-state index in [9.17, 15) is 13.2 Å². The molecule has 0 radical (unpaired) electrons. The number of benzene rings is 3. The number of carbonyl (C=O) groups excluding carboxylic acids is 1. The minimum Gasteiger partial charge on any atom is -0.354 e. The highest BCUT2D eigenvalue weighted by Crippen LogP contribution is 2.26. The molecule has 0 spiro atoms. The van der Waals surface area contributed by atoms with Crippen molar-refractivity contribution >= 4 is 33.4 Å². The number of hydrogen-bond donors (Lipinski definition) is 1. The first-order valence-electron chi connectivity index (χ1n) is 9.56. The third-order valence-electron chi connectivity index (χ3n) is 4.44. The third-order valence-corrected chi connectivity index (χ3v) is 7.23. The molecule has 3 aromatic carbocycles. The molecule has 3 rings (SSSR count). The van der Waals surface area contributed by atoms with Crippen LogP contribution in [0, 0.1) is 6.92 Å². The number of rotatable bonds is 9. The Labute approximate surface area is 182 Å². The second-order valence-corrected chi connectivity index (χ2v) is 9.65. The van der Waals surface area contributed by atoms with E-state index in [0.717, 1.165) is 10.5 Å². The second kappa shape index (κ2) is 10.3. The maximum absolute atomic E-state index is 13.3. The summed E-state index contributed by atoms with van der Waals surface area (Å²) in [5, 5.41) is 2.83. The molecule has 30 heavy (non-hydrogen) atoms. The highest BCUT2D eigenvalue weighted by Gasteiger charge is 2.27. The van der Waals surface area contributed by atoms with Gasteiger partial charge >= 0.3 is 0 Å². The molecule has 0 fully saturated rings. The fraction of sp³-hybridized carbons (Fsp3) is 0.174. The predicted octanol–water partition coefficient (Wildman–Crippen LogP) is 4.10. The Kier molecular flexibility index (Phi) is 7.54. The number of nitrogens with zero attached hydrogens (tertiary/aromatic N) is 1. The Morgan fingerprint density at radius 3 is 2.17 bits per heavy atom. The number of nitrogens with one attached hydrogen (secondary N) is 1. The van der Waals surface area contributed by atoms with Crippen LogP contribution in [0.1, 0.15) is 5.56 Å². The van der Waals surface area contributed by atoms with Crippen molar-refractivity contribution in [2.24, 2.45) is 0 Å². The Balaban J connectivity index is 1.71. The van der Waals surface area contributed by atoms with Crippen LogP contribution in [-0.2, 0) is 14.8 Å². The Hall–Kier alpha value is -2.77. The highest BCUT2D eigenvalue weighted by molar-refractivity contribution is 7.99. The molecule has 0 aliphatic heterocycles. The van der Waals surface area contributed by atoms with Crippen molar-refractivity contribution < 1.29 is 13.2 Å². The zero-order valence-corrected chi connectivity index (χ0v) is 18.3. The van der Waals surface area contributed by atoms with Gasteiger partial charge in [-0.05, 0) is 42.8 Å². The van der Waals surface area contributed by atoms with E-state index < -0.39 is 10.0 Å². The fourth-order valence-electron chi connectivity index (χ4n) is 2.92. The van der Waals surface area contributed by atoms with E-state index in [2.05, 4.69) is 5.32 Å². The second-order valence-electron chi connectivity index (χ2n) is 6.62. The average Bonchev–Trinajstić information content (AvgIpc) is 2.77. The van der Waals surface area contributed by atoms with Crippen molar-refractivity contribution in [2.75, 3.05) is 23.1 Å². The molecule has 7 heteroatoms. The Morgan fingerprint density at radius 1 is 0.900 bits per heavy atom. The summed E-state index contributed by atoms with van der Waals surface area (Å²) in [6.45, 7) is 2.00. The molecule has 156 valence electrons. The SMILES string of the molecule is Cc1ccccc1N(CC(=O)NCCSc1ccccc1)S(=O)(=O)c1ccccc1. The summed E-state index contributed by atoms with van der Waals surface area (Å²) in [5.74, 6) is 0.359. The van der Waals surface area contributed by atoms with Gasteiger partial charge in [0.2, 0.25) is 5.91 Å². The molecule has 0 saturated heterocycles. The minimum absolute atomic E-state index is 0.153. The van der Waals surface area contributed by atoms with E-state index in [1.165, 1.54) is 16.4 Å². The number of aryl methyl sites for hydroxylation is 1. The van der Waals surface area contributed by atoms with E-state index >= 15 is 0 Å². The number of para-hydroxylation sites is 1. The summed E-state index contributed by atoms with van der Waals surface area (Å²) >= 11 is 1.64. The topological polar surface area (TPSA) is 66.5 Å². The molecule has 0 aromatic heterocycles. The van der Waals surface area contributed by atoms with Gasteiger partial charge in [-0.25, -0.2) is 8.42 Å². The number of carbonyl (C=O) groups is 1. The number of anilines is 1. The van der Waals surface area contributed by atoms with Crippen LogP contribution in [0.15, 0.2) is 94.7 Å². The van der Waals surface area contributed by atoms with Gasteiger partial charge in [0.25, 0.3) is 10.0 Å². The van der Waals surface area contributed by atoms with Crippen LogP contribution >= 0.6 is 11.8 Å². The lowest BCUT2D eigenvalue weighted by Gasteiger charge is -2.25. The first kappa shape index (κ1) is 21.9. The van der Waals surface area contributed by atoms with E-state index in [-0.39, 0.29) is 17.3 Å². The molecule has 5 nitrogen and oxygen atoms in total. The zero-order valence-electron chi connectivity index (χ0n) is 16.7. The Morgan fingerprint density at radius 2 is 1.50 bits per heavy atom. The summed E-state index contributed by atoms with van der Waals surface area (Å²) in [6.07, 6.45) is 0. The van der Waals surface area contributed by atoms with Crippen LogP contribution in [0.25, 0.3) is 0 Å². The van der Waals surface area contributed by atoms with Gasteiger partial charge in [-0.3, -0.25) is 9.10 Å². The van der Waals surface area contributed by atoms with Gasteiger partial charge in [-0.2, -0.15) is 0 Å². The van der Waals surface area contributed by atoms with Crippen molar-refractivity contribution in [1.29, 1.82) is 0 Å². The van der Waals surface area contributed by atoms with Crippen molar-refractivity contribution in [2.45, 2.75) is 16.7 Å². The van der Waals surface area contributed by atoms with Crippen molar-refractivity contribution in [3.8, 4) is 0 Å². The molecule has 3 aromatic rings. The van der Waals surface area contributed by atoms with Gasteiger partial charge in [0, 0.05) is 17.2 Å². The van der Waals surface area contributed by atoms with Crippen LogP contribution in [0.4, 0.5) is 5.69 Å². The maximum atomic E-state index is 13.3. The van der Waals surface area contributed by atoms with Crippen LogP contribution in [-0.4, -0.2) is 33.2 Å². The normalized spacial score (nSPS) is 11.1. The highest BCUT2D eigenvalue weighted by atomic mass is 32.2.